The molecule has 0 bridgehead atoms. The van der Waals surface area contributed by atoms with Crippen LogP contribution in [0.4, 0.5) is 5.69 Å². The van der Waals surface area contributed by atoms with Crippen molar-refractivity contribution in [3.8, 4) is 0 Å². The Morgan fingerprint density at radius 2 is 2.38 bits per heavy atom. The van der Waals surface area contributed by atoms with Crippen molar-refractivity contribution in [2.75, 3.05) is 5.73 Å². The molecule has 0 aromatic carbocycles. The molecule has 0 fully saturated rings. The molecule has 4 heteroatoms. The second kappa shape index (κ2) is 2.57. The molecule has 0 aliphatic heterocycles. The van der Waals surface area contributed by atoms with Crippen molar-refractivity contribution in [1.29, 1.82) is 0 Å². The van der Waals surface area contributed by atoms with Gasteiger partial charge in [-0.05, 0) is 6.92 Å². The number of aromatic nitrogens is 1. The zero-order valence-electron chi connectivity index (χ0n) is 4.42. The normalized spacial score (nSPS) is 8.12. The van der Waals surface area contributed by atoms with Gasteiger partial charge < -0.3 is 10.3 Å². The molecule has 0 aliphatic rings. The van der Waals surface area contributed by atoms with E-state index in [-0.39, 0.29) is 12.4 Å². The molecule has 1 rings (SSSR count). The fourth-order valence-corrected chi connectivity index (χ4v) is 0.300. The van der Waals surface area contributed by atoms with E-state index >= 15 is 0 Å². The van der Waals surface area contributed by atoms with Crippen molar-refractivity contribution in [2.24, 2.45) is 0 Å². The summed E-state index contributed by atoms with van der Waals surface area (Å²) in [6.07, 6.45) is 1.41. The van der Waals surface area contributed by atoms with Gasteiger partial charge in [0.25, 0.3) is 0 Å². The first-order valence-corrected chi connectivity index (χ1v) is 1.97. The molecule has 0 amide bonds. The summed E-state index contributed by atoms with van der Waals surface area (Å²) in [6, 6.07) is 0. The van der Waals surface area contributed by atoms with E-state index in [1.54, 1.807) is 6.92 Å². The van der Waals surface area contributed by atoms with Crippen LogP contribution in [0, 0.1) is 6.92 Å². The van der Waals surface area contributed by atoms with Crippen LogP contribution in [-0.4, -0.2) is 5.16 Å². The van der Waals surface area contributed by atoms with Gasteiger partial charge >= 0.3 is 0 Å². The highest BCUT2D eigenvalue weighted by molar-refractivity contribution is 5.85. The van der Waals surface area contributed by atoms with Crippen LogP contribution in [0.1, 0.15) is 5.69 Å². The van der Waals surface area contributed by atoms with Gasteiger partial charge in [0.1, 0.15) is 12.0 Å². The van der Waals surface area contributed by atoms with E-state index in [0.29, 0.717) is 5.69 Å². The minimum Gasteiger partial charge on any atom is -0.395 e. The summed E-state index contributed by atoms with van der Waals surface area (Å²) in [6.45, 7) is 1.79. The van der Waals surface area contributed by atoms with Crippen LogP contribution in [0.2, 0.25) is 0 Å². The van der Waals surface area contributed by atoms with E-state index < -0.39 is 0 Å². The Morgan fingerprint density at radius 1 is 1.75 bits per heavy atom. The molecule has 2 N–H and O–H groups in total. The standard InChI is InChI=1S/C4H6N2O.ClH/c1-3-4(5)2-7-6-3;/h2H,5H2,1H3;1H. The lowest BCUT2D eigenvalue weighted by molar-refractivity contribution is 0.415. The maximum atomic E-state index is 5.28. The van der Waals surface area contributed by atoms with Gasteiger partial charge in [-0.15, -0.1) is 12.4 Å². The minimum absolute atomic E-state index is 0. The van der Waals surface area contributed by atoms with Crippen molar-refractivity contribution in [3.05, 3.63) is 12.0 Å². The average Bonchev–Trinajstić information content (AvgIpc) is 1.91. The molecular weight excluding hydrogens is 128 g/mol. The van der Waals surface area contributed by atoms with Gasteiger partial charge in [-0.2, -0.15) is 0 Å². The van der Waals surface area contributed by atoms with Gasteiger partial charge in [-0.3, -0.25) is 0 Å². The van der Waals surface area contributed by atoms with Crippen LogP contribution in [0.25, 0.3) is 0 Å². The molecule has 0 unspecified atom stereocenters. The van der Waals surface area contributed by atoms with E-state index in [9.17, 15) is 0 Å². The lowest BCUT2D eigenvalue weighted by atomic mass is 10.4. The molecule has 0 aliphatic carbocycles. The van der Waals surface area contributed by atoms with E-state index in [1.165, 1.54) is 6.26 Å². The monoisotopic (exact) mass is 134 g/mol. The predicted molar refractivity (Wildman–Crippen MR) is 32.9 cm³/mol. The lowest BCUT2D eigenvalue weighted by Crippen LogP contribution is -1.82. The summed E-state index contributed by atoms with van der Waals surface area (Å²) in [4.78, 5) is 0. The molecule has 8 heavy (non-hydrogen) atoms. The fraction of sp³-hybridized carbons (Fsp3) is 0.250. The van der Waals surface area contributed by atoms with Gasteiger partial charge in [0.2, 0.25) is 0 Å². The van der Waals surface area contributed by atoms with Gasteiger partial charge in [0.05, 0.1) is 5.69 Å². The molecule has 0 saturated heterocycles. The number of halogens is 1. The topological polar surface area (TPSA) is 52.0 Å². The third-order valence-electron chi connectivity index (χ3n) is 0.787. The third kappa shape index (κ3) is 1.13. The lowest BCUT2D eigenvalue weighted by Gasteiger charge is -1.75. The van der Waals surface area contributed by atoms with E-state index in [2.05, 4.69) is 9.68 Å². The zero-order chi connectivity index (χ0) is 5.28. The van der Waals surface area contributed by atoms with Crippen LogP contribution < -0.4 is 5.73 Å². The Balaban J connectivity index is 0.000000490. The second-order valence-corrected chi connectivity index (χ2v) is 1.36. The molecule has 1 aromatic rings. The average molecular weight is 135 g/mol. The minimum atomic E-state index is 0. The largest absolute Gasteiger partial charge is 0.395 e. The van der Waals surface area contributed by atoms with Crippen LogP contribution in [0.5, 0.6) is 0 Å². The summed E-state index contributed by atoms with van der Waals surface area (Å²) >= 11 is 0. The molecule has 0 saturated carbocycles. The van der Waals surface area contributed by atoms with Gasteiger partial charge in [0, 0.05) is 0 Å². The number of hydrogen-bond acceptors (Lipinski definition) is 3. The molecule has 1 aromatic heterocycles. The summed E-state index contributed by atoms with van der Waals surface area (Å²) in [5, 5.41) is 3.52. The Morgan fingerprint density at radius 3 is 2.50 bits per heavy atom. The molecule has 0 radical (unpaired) electrons. The zero-order valence-corrected chi connectivity index (χ0v) is 5.23. The molecule has 46 valence electrons. The fourth-order valence-electron chi connectivity index (χ4n) is 0.300. The first kappa shape index (κ1) is 7.30. The third-order valence-corrected chi connectivity index (χ3v) is 0.787. The SMILES string of the molecule is Cc1nocc1N.Cl. The number of aryl methyl sites for hydroxylation is 1. The molecule has 1 heterocycles. The molecule has 0 atom stereocenters. The summed E-state index contributed by atoms with van der Waals surface area (Å²) in [5.41, 5.74) is 6.64. The van der Waals surface area contributed by atoms with Crippen LogP contribution in [0.15, 0.2) is 10.8 Å². The maximum Gasteiger partial charge on any atom is 0.147 e. The second-order valence-electron chi connectivity index (χ2n) is 1.36. The number of rotatable bonds is 0. The molecular formula is C4H7ClN2O. The first-order valence-electron chi connectivity index (χ1n) is 1.97. The van der Waals surface area contributed by atoms with Crippen LogP contribution in [-0.2, 0) is 0 Å². The number of nitrogens with zero attached hydrogens (tertiary/aromatic N) is 1. The number of anilines is 1. The Hall–Kier alpha value is -0.700. The molecule has 0 spiro atoms. The highest BCUT2D eigenvalue weighted by atomic mass is 35.5. The summed E-state index contributed by atoms with van der Waals surface area (Å²) in [5.74, 6) is 0. The van der Waals surface area contributed by atoms with Crippen molar-refractivity contribution in [1.82, 2.24) is 5.16 Å². The van der Waals surface area contributed by atoms with Crippen molar-refractivity contribution in [3.63, 3.8) is 0 Å². The van der Waals surface area contributed by atoms with Crippen molar-refractivity contribution < 1.29 is 4.52 Å². The highest BCUT2D eigenvalue weighted by Gasteiger charge is 1.91. The summed E-state index contributed by atoms with van der Waals surface area (Å²) < 4.78 is 4.47. The van der Waals surface area contributed by atoms with Crippen molar-refractivity contribution >= 4 is 18.1 Å². The van der Waals surface area contributed by atoms with Gasteiger partial charge in [0.15, 0.2) is 0 Å². The van der Waals surface area contributed by atoms with Crippen LogP contribution >= 0.6 is 12.4 Å². The summed E-state index contributed by atoms with van der Waals surface area (Å²) in [7, 11) is 0. The van der Waals surface area contributed by atoms with Crippen LogP contribution in [0.3, 0.4) is 0 Å². The Bertz CT molecular complexity index is 146. The predicted octanol–water partition coefficient (Wildman–Crippen LogP) is 0.987. The van der Waals surface area contributed by atoms with E-state index in [1.807, 2.05) is 0 Å². The number of hydrogen-bond donors (Lipinski definition) is 1. The smallest absolute Gasteiger partial charge is 0.147 e. The van der Waals surface area contributed by atoms with Crippen molar-refractivity contribution in [2.45, 2.75) is 6.92 Å². The molecule has 3 nitrogen and oxygen atoms in total. The Labute approximate surface area is 53.3 Å². The number of nitrogens with two attached hydrogens (primary N) is 1. The van der Waals surface area contributed by atoms with Gasteiger partial charge in [-0.25, -0.2) is 0 Å². The van der Waals surface area contributed by atoms with Gasteiger partial charge in [-0.1, -0.05) is 5.16 Å². The maximum absolute atomic E-state index is 5.28. The quantitative estimate of drug-likeness (QED) is 0.576. The highest BCUT2D eigenvalue weighted by Crippen LogP contribution is 2.03. The van der Waals surface area contributed by atoms with E-state index in [4.69, 9.17) is 5.73 Å². The van der Waals surface area contributed by atoms with E-state index in [0.717, 1.165) is 5.69 Å². The Kier molecular flexibility index (Phi) is 2.34. The number of nitrogen functional groups attached to an aromatic ring is 1. The first-order chi connectivity index (χ1) is 3.30.